The summed E-state index contributed by atoms with van der Waals surface area (Å²) in [6.07, 6.45) is -2.83. The van der Waals surface area contributed by atoms with Crippen LogP contribution in [0.2, 0.25) is 0 Å². The molecule has 0 radical (unpaired) electrons. The van der Waals surface area contributed by atoms with Crippen LogP contribution in [-0.4, -0.2) is 70.2 Å². The number of hydrogen-bond donors (Lipinski definition) is 1. The highest BCUT2D eigenvalue weighted by Gasteiger charge is 2.34. The summed E-state index contributed by atoms with van der Waals surface area (Å²) in [5.74, 6) is -0.437. The molecule has 0 saturated carbocycles. The van der Waals surface area contributed by atoms with E-state index in [2.05, 4.69) is 14.0 Å². The maximum absolute atomic E-state index is 13.0. The van der Waals surface area contributed by atoms with Crippen molar-refractivity contribution >= 4 is 34.0 Å². The van der Waals surface area contributed by atoms with E-state index in [4.69, 9.17) is 9.90 Å². The number of halogens is 3. The number of carboxylic acid groups (broad SMARTS) is 1. The molecule has 7 nitrogen and oxygen atoms in total. The fraction of sp³-hybridized carbons (Fsp3) is 0.471. The Hall–Kier alpha value is -2.40. The van der Waals surface area contributed by atoms with Gasteiger partial charge in [-0.1, -0.05) is 0 Å². The third kappa shape index (κ3) is 4.53. The summed E-state index contributed by atoms with van der Waals surface area (Å²) in [6.45, 7) is 3.28. The van der Waals surface area contributed by atoms with Crippen molar-refractivity contribution < 1.29 is 32.6 Å². The Balaban J connectivity index is 0.000000706. The number of carbonyl (C=O) groups is 2. The Morgan fingerprint density at radius 1 is 1.25 bits per heavy atom. The molecule has 5 rings (SSSR count). The third-order valence-corrected chi connectivity index (χ3v) is 5.60. The number of carbonyl (C=O) groups excluding carboxylic acids is 1. The fourth-order valence-corrected chi connectivity index (χ4v) is 4.36. The van der Waals surface area contributed by atoms with Crippen molar-refractivity contribution in [2.45, 2.75) is 25.2 Å². The molecule has 1 amide bonds. The lowest BCUT2D eigenvalue weighted by molar-refractivity contribution is -0.274. The molecule has 0 atom stereocenters. The smallest absolute Gasteiger partial charge is 0.483 e. The van der Waals surface area contributed by atoms with Crippen molar-refractivity contribution in [2.75, 3.05) is 26.2 Å². The molecule has 3 aliphatic heterocycles. The number of hydrogen-bond acceptors (Lipinski definition) is 6. The van der Waals surface area contributed by atoms with Crippen LogP contribution < -0.4 is 4.74 Å². The summed E-state index contributed by atoms with van der Waals surface area (Å²) in [5, 5.41) is 7.46. The van der Waals surface area contributed by atoms with Crippen LogP contribution in [0.4, 0.5) is 13.2 Å². The minimum absolute atomic E-state index is 0.135. The Labute approximate surface area is 162 Å². The van der Waals surface area contributed by atoms with Gasteiger partial charge in [-0.3, -0.25) is 9.59 Å². The molecule has 1 aromatic carbocycles. The van der Waals surface area contributed by atoms with Gasteiger partial charge < -0.3 is 19.6 Å². The molecule has 28 heavy (non-hydrogen) atoms. The molecule has 3 fully saturated rings. The molecule has 1 aromatic heterocycles. The van der Waals surface area contributed by atoms with Crippen LogP contribution in [0.1, 0.15) is 23.3 Å². The van der Waals surface area contributed by atoms with Gasteiger partial charge in [-0.2, -0.15) is 4.37 Å². The monoisotopic (exact) mass is 417 g/mol. The topological polar surface area (TPSA) is 83.0 Å². The molecule has 0 aliphatic carbocycles. The standard InChI is InChI=1S/C16H16F3N3O2S.CH2O2/c17-16(18,19)24-11-1-2-12-13(9-11)25-20-14(12)15(23)22-8-7-21-5-3-10(22)4-6-21;2-1-3/h1-2,9-10H,3-8H2;1H,(H,2,3). The number of rotatable bonds is 2. The van der Waals surface area contributed by atoms with Gasteiger partial charge in [0.2, 0.25) is 0 Å². The lowest BCUT2D eigenvalue weighted by atomic mass is 10.0. The highest BCUT2D eigenvalue weighted by molar-refractivity contribution is 7.13. The van der Waals surface area contributed by atoms with Crippen LogP contribution in [0.15, 0.2) is 18.2 Å². The normalized spacial score (nSPS) is 21.6. The molecule has 2 aromatic rings. The molecule has 11 heteroatoms. The summed E-state index contributed by atoms with van der Waals surface area (Å²) in [7, 11) is 0. The first-order chi connectivity index (χ1) is 13.3. The number of fused-ring (bicyclic) bond motifs is 5. The number of piperidine rings is 1. The van der Waals surface area contributed by atoms with E-state index in [1.165, 1.54) is 18.2 Å². The Morgan fingerprint density at radius 3 is 2.57 bits per heavy atom. The van der Waals surface area contributed by atoms with Gasteiger partial charge in [0.15, 0.2) is 0 Å². The van der Waals surface area contributed by atoms with Crippen LogP contribution in [-0.2, 0) is 4.79 Å². The lowest BCUT2D eigenvalue weighted by Gasteiger charge is -2.31. The zero-order valence-corrected chi connectivity index (χ0v) is 15.5. The average Bonchev–Trinajstić information content (AvgIpc) is 2.81. The van der Waals surface area contributed by atoms with E-state index in [-0.39, 0.29) is 24.2 Å². The molecule has 2 bridgehead atoms. The number of amides is 1. The molecular formula is C17H18F3N3O4S. The molecule has 0 unspecified atom stereocenters. The van der Waals surface area contributed by atoms with Gasteiger partial charge in [-0.15, -0.1) is 13.2 Å². The van der Waals surface area contributed by atoms with Gasteiger partial charge in [0, 0.05) is 37.6 Å². The second-order valence-corrected chi connectivity index (χ2v) is 7.22. The highest BCUT2D eigenvalue weighted by Crippen LogP contribution is 2.32. The van der Waals surface area contributed by atoms with Gasteiger partial charge in [-0.05, 0) is 42.6 Å². The molecule has 1 N–H and O–H groups in total. The van der Waals surface area contributed by atoms with E-state index in [0.717, 1.165) is 44.0 Å². The van der Waals surface area contributed by atoms with Crippen molar-refractivity contribution in [3.63, 3.8) is 0 Å². The Bertz CT molecular complexity index is 850. The number of benzene rings is 1. The van der Waals surface area contributed by atoms with Crippen molar-refractivity contribution in [2.24, 2.45) is 0 Å². The Kier molecular flexibility index (Phi) is 6.04. The number of aromatic nitrogens is 1. The zero-order chi connectivity index (χ0) is 20.3. The molecule has 3 saturated heterocycles. The van der Waals surface area contributed by atoms with Gasteiger partial charge in [0.1, 0.15) is 11.4 Å². The largest absolute Gasteiger partial charge is 0.573 e. The molecular weight excluding hydrogens is 399 g/mol. The summed E-state index contributed by atoms with van der Waals surface area (Å²) >= 11 is 1.02. The second-order valence-electron chi connectivity index (χ2n) is 6.41. The summed E-state index contributed by atoms with van der Waals surface area (Å²) in [4.78, 5) is 25.6. The summed E-state index contributed by atoms with van der Waals surface area (Å²) in [6, 6.07) is 4.19. The Morgan fingerprint density at radius 2 is 1.93 bits per heavy atom. The van der Waals surface area contributed by atoms with Crippen molar-refractivity contribution in [3.8, 4) is 5.75 Å². The molecule has 0 spiro atoms. The van der Waals surface area contributed by atoms with E-state index < -0.39 is 6.36 Å². The first-order valence-corrected chi connectivity index (χ1v) is 9.36. The molecule has 152 valence electrons. The van der Waals surface area contributed by atoms with E-state index in [1.54, 1.807) is 0 Å². The van der Waals surface area contributed by atoms with Gasteiger partial charge in [0.05, 0.1) is 4.70 Å². The van der Waals surface area contributed by atoms with Crippen molar-refractivity contribution in [1.82, 2.24) is 14.2 Å². The van der Waals surface area contributed by atoms with Crippen LogP contribution >= 0.6 is 11.5 Å². The van der Waals surface area contributed by atoms with Crippen LogP contribution in [0.3, 0.4) is 0 Å². The van der Waals surface area contributed by atoms with E-state index >= 15 is 0 Å². The van der Waals surface area contributed by atoms with E-state index in [1.807, 2.05) is 4.90 Å². The van der Waals surface area contributed by atoms with Gasteiger partial charge >= 0.3 is 6.36 Å². The minimum atomic E-state index is -4.74. The third-order valence-electron chi connectivity index (χ3n) is 4.80. The number of alkyl halides is 3. The first kappa shape index (κ1) is 20.3. The predicted octanol–water partition coefficient (Wildman–Crippen LogP) is 2.82. The number of ether oxygens (including phenoxy) is 1. The molecule has 3 aliphatic rings. The van der Waals surface area contributed by atoms with Crippen molar-refractivity contribution in [1.29, 1.82) is 0 Å². The quantitative estimate of drug-likeness (QED) is 0.757. The predicted molar refractivity (Wildman–Crippen MR) is 95.5 cm³/mol. The van der Waals surface area contributed by atoms with Gasteiger partial charge in [0.25, 0.3) is 12.4 Å². The fourth-order valence-electron chi connectivity index (χ4n) is 3.56. The minimum Gasteiger partial charge on any atom is -0.483 e. The van der Waals surface area contributed by atoms with Crippen LogP contribution in [0.5, 0.6) is 5.75 Å². The van der Waals surface area contributed by atoms with Crippen molar-refractivity contribution in [3.05, 3.63) is 23.9 Å². The SMILES string of the molecule is O=C(c1nsc2cc(OC(F)(F)F)ccc12)N1CCN2CCC1CC2.O=CO. The summed E-state index contributed by atoms with van der Waals surface area (Å²) < 4.78 is 45.7. The van der Waals surface area contributed by atoms with Gasteiger partial charge in [-0.25, -0.2) is 0 Å². The van der Waals surface area contributed by atoms with Crippen LogP contribution in [0.25, 0.3) is 10.1 Å². The van der Waals surface area contributed by atoms with Crippen LogP contribution in [0, 0.1) is 0 Å². The maximum Gasteiger partial charge on any atom is 0.573 e. The summed E-state index contributed by atoms with van der Waals surface area (Å²) in [5.41, 5.74) is 0.318. The highest BCUT2D eigenvalue weighted by atomic mass is 32.1. The maximum atomic E-state index is 13.0. The first-order valence-electron chi connectivity index (χ1n) is 8.58. The average molecular weight is 417 g/mol. The van der Waals surface area contributed by atoms with E-state index in [0.29, 0.717) is 22.3 Å². The lowest BCUT2D eigenvalue weighted by Crippen LogP contribution is -2.41. The van der Waals surface area contributed by atoms with E-state index in [9.17, 15) is 18.0 Å². The molecule has 4 heterocycles. The zero-order valence-electron chi connectivity index (χ0n) is 14.7. The second kappa shape index (κ2) is 8.31. The number of nitrogens with zero attached hydrogens (tertiary/aromatic N) is 3.